The Morgan fingerprint density at radius 1 is 1.32 bits per heavy atom. The van der Waals surface area contributed by atoms with E-state index < -0.39 is 0 Å². The first kappa shape index (κ1) is 27.3. The highest BCUT2D eigenvalue weighted by molar-refractivity contribution is 7.99. The zero-order valence-corrected chi connectivity index (χ0v) is 23.4. The number of hydrogen-bond donors (Lipinski definition) is 2. The van der Waals surface area contributed by atoms with E-state index in [1.165, 1.54) is 22.7 Å². The first-order valence-electron chi connectivity index (χ1n) is 12.7. The Balaban J connectivity index is 1.40. The average molecular weight is 561 g/mol. The lowest BCUT2D eigenvalue weighted by Gasteiger charge is -2.42. The van der Waals surface area contributed by atoms with Crippen molar-refractivity contribution in [2.45, 2.75) is 61.9 Å². The molecule has 4 heterocycles. The molecule has 0 amide bonds. The number of aliphatic hydroxyl groups is 1. The van der Waals surface area contributed by atoms with Crippen molar-refractivity contribution in [1.82, 2.24) is 19.5 Å². The van der Waals surface area contributed by atoms with E-state index in [0.29, 0.717) is 57.1 Å². The summed E-state index contributed by atoms with van der Waals surface area (Å²) in [4.78, 5) is 29.9. The van der Waals surface area contributed by atoms with Crippen molar-refractivity contribution >= 4 is 40.1 Å². The number of rotatable bonds is 7. The summed E-state index contributed by atoms with van der Waals surface area (Å²) < 4.78 is 12.4. The Morgan fingerprint density at radius 2 is 2.08 bits per heavy atom. The van der Waals surface area contributed by atoms with E-state index in [-0.39, 0.29) is 29.7 Å². The SMILES string of the molecule is COCCn1cnc2ccc(Sc3nc(CO)c(N4CCC5(CC4)CO[C@@H](C)[C@H]5N)nc3C)c(Cl)c2c1=O. The van der Waals surface area contributed by atoms with Gasteiger partial charge in [0, 0.05) is 36.6 Å². The second kappa shape index (κ2) is 11.1. The van der Waals surface area contributed by atoms with Crippen molar-refractivity contribution in [2.24, 2.45) is 11.1 Å². The van der Waals surface area contributed by atoms with Crippen LogP contribution >= 0.6 is 23.4 Å². The third-order valence-electron chi connectivity index (χ3n) is 7.77. The monoisotopic (exact) mass is 560 g/mol. The van der Waals surface area contributed by atoms with Crippen molar-refractivity contribution in [1.29, 1.82) is 0 Å². The van der Waals surface area contributed by atoms with Crippen molar-refractivity contribution in [3.63, 3.8) is 0 Å². The summed E-state index contributed by atoms with van der Waals surface area (Å²) >= 11 is 8.05. The van der Waals surface area contributed by atoms with E-state index in [1.54, 1.807) is 13.2 Å². The molecule has 0 unspecified atom stereocenters. The van der Waals surface area contributed by atoms with Gasteiger partial charge in [-0.1, -0.05) is 23.4 Å². The number of methoxy groups -OCH3 is 1. The van der Waals surface area contributed by atoms with Crippen molar-refractivity contribution in [2.75, 3.05) is 38.3 Å². The second-order valence-corrected chi connectivity index (χ2v) is 11.5. The maximum absolute atomic E-state index is 13.1. The Kier molecular flexibility index (Phi) is 7.95. The van der Waals surface area contributed by atoms with Gasteiger partial charge >= 0.3 is 0 Å². The number of benzene rings is 1. The van der Waals surface area contributed by atoms with Crippen LogP contribution in [0.3, 0.4) is 0 Å². The number of hydrogen-bond acceptors (Lipinski definition) is 10. The number of aryl methyl sites for hydroxylation is 1. The lowest BCUT2D eigenvalue weighted by atomic mass is 9.73. The van der Waals surface area contributed by atoms with Crippen LogP contribution in [0, 0.1) is 12.3 Å². The fourth-order valence-electron chi connectivity index (χ4n) is 5.33. The van der Waals surface area contributed by atoms with Crippen molar-refractivity contribution in [3.05, 3.63) is 45.2 Å². The van der Waals surface area contributed by atoms with Crippen LogP contribution in [0.1, 0.15) is 31.2 Å². The molecule has 38 heavy (non-hydrogen) atoms. The molecule has 0 bridgehead atoms. The zero-order chi connectivity index (χ0) is 27.0. The average Bonchev–Trinajstić information content (AvgIpc) is 3.19. The smallest absolute Gasteiger partial charge is 0.262 e. The van der Waals surface area contributed by atoms with Gasteiger partial charge in [0.05, 0.1) is 60.4 Å². The normalized spacial score (nSPS) is 21.1. The van der Waals surface area contributed by atoms with Gasteiger partial charge in [-0.2, -0.15) is 0 Å². The third-order valence-corrected chi connectivity index (χ3v) is 9.42. The summed E-state index contributed by atoms with van der Waals surface area (Å²) in [6.07, 6.45) is 3.39. The van der Waals surface area contributed by atoms with Gasteiger partial charge in [-0.25, -0.2) is 15.0 Å². The number of piperidine rings is 1. The fraction of sp³-hybridized carbons (Fsp3) is 0.538. The molecule has 2 aliphatic rings. The zero-order valence-electron chi connectivity index (χ0n) is 21.8. The van der Waals surface area contributed by atoms with Crippen LogP contribution in [-0.4, -0.2) is 70.2 Å². The Bertz CT molecular complexity index is 1390. The Hall–Kier alpha value is -2.28. The molecule has 3 N–H and O–H groups in total. The predicted octanol–water partition coefficient (Wildman–Crippen LogP) is 2.77. The minimum atomic E-state index is -0.239. The van der Waals surface area contributed by atoms with Crippen LogP contribution in [0.4, 0.5) is 5.82 Å². The number of ether oxygens (including phenoxy) is 2. The third kappa shape index (κ3) is 4.91. The van der Waals surface area contributed by atoms with Crippen LogP contribution in [-0.2, 0) is 22.6 Å². The quantitative estimate of drug-likeness (QED) is 0.445. The second-order valence-electron chi connectivity index (χ2n) is 10.0. The fourth-order valence-corrected chi connectivity index (χ4v) is 6.58. The summed E-state index contributed by atoms with van der Waals surface area (Å²) in [6, 6.07) is 3.63. The van der Waals surface area contributed by atoms with Gasteiger partial charge in [-0.05, 0) is 38.8 Å². The van der Waals surface area contributed by atoms with Gasteiger partial charge in [0.25, 0.3) is 5.56 Å². The van der Waals surface area contributed by atoms with E-state index >= 15 is 0 Å². The van der Waals surface area contributed by atoms with E-state index in [9.17, 15) is 9.90 Å². The molecular weight excluding hydrogens is 528 g/mol. The van der Waals surface area contributed by atoms with Gasteiger partial charge in [0.2, 0.25) is 0 Å². The van der Waals surface area contributed by atoms with Crippen LogP contribution in [0.2, 0.25) is 5.02 Å². The Labute approximate surface area is 230 Å². The molecule has 2 fully saturated rings. The molecule has 0 aliphatic carbocycles. The van der Waals surface area contributed by atoms with Gasteiger partial charge in [-0.15, -0.1) is 0 Å². The molecule has 2 aromatic heterocycles. The highest BCUT2D eigenvalue weighted by Gasteiger charge is 2.47. The van der Waals surface area contributed by atoms with Gasteiger partial charge in [0.15, 0.2) is 5.82 Å². The van der Waals surface area contributed by atoms with E-state index in [0.717, 1.165) is 31.6 Å². The molecule has 12 heteroatoms. The number of anilines is 1. The summed E-state index contributed by atoms with van der Waals surface area (Å²) in [5.74, 6) is 0.694. The number of halogens is 1. The lowest BCUT2D eigenvalue weighted by molar-refractivity contribution is 0.0973. The molecule has 2 atom stereocenters. The first-order valence-corrected chi connectivity index (χ1v) is 13.9. The molecule has 204 valence electrons. The van der Waals surface area contributed by atoms with E-state index in [4.69, 9.17) is 36.8 Å². The number of aromatic nitrogens is 4. The number of nitrogens with zero attached hydrogens (tertiary/aromatic N) is 5. The molecule has 3 aromatic rings. The summed E-state index contributed by atoms with van der Waals surface area (Å²) in [6.45, 7) is 6.70. The van der Waals surface area contributed by atoms with E-state index in [1.807, 2.05) is 19.9 Å². The minimum Gasteiger partial charge on any atom is -0.390 e. The number of fused-ring (bicyclic) bond motifs is 1. The molecule has 1 aromatic carbocycles. The molecular formula is C26H33ClN6O4S. The van der Waals surface area contributed by atoms with Gasteiger partial charge < -0.3 is 25.2 Å². The highest BCUT2D eigenvalue weighted by Crippen LogP contribution is 2.43. The van der Waals surface area contributed by atoms with E-state index in [2.05, 4.69) is 9.88 Å². The molecule has 0 radical (unpaired) electrons. The molecule has 2 saturated heterocycles. The molecule has 2 aliphatic heterocycles. The molecule has 10 nitrogen and oxygen atoms in total. The minimum absolute atomic E-state index is 0.00260. The topological polar surface area (TPSA) is 129 Å². The molecule has 0 saturated carbocycles. The van der Waals surface area contributed by atoms with Crippen LogP contribution in [0.25, 0.3) is 10.9 Å². The van der Waals surface area contributed by atoms with Crippen LogP contribution < -0.4 is 16.2 Å². The summed E-state index contributed by atoms with van der Waals surface area (Å²) in [5.41, 5.74) is 8.00. The standard InChI is InChI=1S/C26H33ClN6O4S/c1-15-24(38-19-5-4-17-20(21(19)27)25(35)33(14-29-17)10-11-36-3)31-18(12-34)23(30-15)32-8-6-26(7-9-32)13-37-16(2)22(26)28/h4-5,14,16,22,34H,6-13,28H2,1-3H3/t16-,22+/m0/s1. The molecule has 1 spiro atoms. The highest BCUT2D eigenvalue weighted by atomic mass is 35.5. The first-order chi connectivity index (χ1) is 18.3. The maximum Gasteiger partial charge on any atom is 0.262 e. The number of aliphatic hydroxyl groups excluding tert-OH is 1. The summed E-state index contributed by atoms with van der Waals surface area (Å²) in [5, 5.41) is 11.5. The van der Waals surface area contributed by atoms with Crippen molar-refractivity contribution in [3.8, 4) is 0 Å². The largest absolute Gasteiger partial charge is 0.390 e. The predicted molar refractivity (Wildman–Crippen MR) is 147 cm³/mol. The van der Waals surface area contributed by atoms with Gasteiger partial charge in [-0.3, -0.25) is 9.36 Å². The van der Waals surface area contributed by atoms with Crippen LogP contribution in [0.5, 0.6) is 0 Å². The maximum atomic E-state index is 13.1. The molecule has 5 rings (SSSR count). The lowest BCUT2D eigenvalue weighted by Crippen LogP contribution is -2.51. The summed E-state index contributed by atoms with van der Waals surface area (Å²) in [7, 11) is 1.58. The van der Waals surface area contributed by atoms with Gasteiger partial charge in [0.1, 0.15) is 10.7 Å². The van der Waals surface area contributed by atoms with Crippen LogP contribution in [0.15, 0.2) is 33.2 Å². The van der Waals surface area contributed by atoms with Crippen molar-refractivity contribution < 1.29 is 14.6 Å². The Morgan fingerprint density at radius 3 is 2.74 bits per heavy atom. The number of nitrogens with two attached hydrogens (primary N) is 1.